The number of H-pyrrole nitrogens is 1. The van der Waals surface area contributed by atoms with E-state index in [-0.39, 0.29) is 46.6 Å². The Morgan fingerprint density at radius 1 is 0.877 bits per heavy atom. The number of hydrogen-bond acceptors (Lipinski definition) is 9. The summed E-state index contributed by atoms with van der Waals surface area (Å²) in [6, 6.07) is 16.7. The van der Waals surface area contributed by atoms with E-state index in [2.05, 4.69) is 34.2 Å². The fraction of sp³-hybridized carbons (Fsp3) is 0.618. The van der Waals surface area contributed by atoms with Crippen LogP contribution in [0.2, 0.25) is 0 Å². The van der Waals surface area contributed by atoms with Crippen molar-refractivity contribution in [1.29, 1.82) is 0 Å². The molecule has 0 spiro atoms. The van der Waals surface area contributed by atoms with Crippen LogP contribution in [0.25, 0.3) is 17.1 Å². The maximum absolute atomic E-state index is 13.6. The molecule has 3 fully saturated rings. The summed E-state index contributed by atoms with van der Waals surface area (Å²) in [6.07, 6.45) is 4.56. The first kappa shape index (κ1) is 54.5. The fourth-order valence-corrected chi connectivity index (χ4v) is 13.7. The Balaban J connectivity index is 0.809. The van der Waals surface area contributed by atoms with Crippen LogP contribution in [-0.4, -0.2) is 106 Å². The SMILES string of the molecule is CC(C)c1cc(-c2n[nH]c(=O)n2-c2ccc(CN3CCN(C(=O)Oc4ccc5c(c4)C[C@@H](CCCCCCCCCS(=O)CCCC(F)(F)C(F)(F)F)C4[C@@H]5CCC5(C)C(O)CC[C@@H]45)CC3)cc2)c(O)cc1O. The molecule has 18 heteroatoms. The Morgan fingerprint density at radius 2 is 1.56 bits per heavy atom. The van der Waals surface area contributed by atoms with Crippen molar-refractivity contribution in [3.63, 3.8) is 0 Å². The topological polar surface area (TPSA) is 161 Å². The molecule has 3 aliphatic carbocycles. The van der Waals surface area contributed by atoms with Crippen LogP contribution in [0.1, 0.15) is 145 Å². The number of carbonyl (C=O) groups is 1. The number of piperazine rings is 1. The lowest BCUT2D eigenvalue weighted by Gasteiger charge is -2.53. The standard InChI is InChI=1S/C55H72F5N5O7S/c1-35(2)43-32-44(47(67)33-46(43)66)50-61-62-51(69)65(50)39-15-13-36(14-16-39)34-63-24-26-64(27-25-63)52(70)72-40-17-18-41-38(31-40)30-37(49-42(41)21-23-53(3)45(49)19-20-48(53)68)12-9-7-5-4-6-8-10-28-73(71)29-11-22-54(56,57)55(58,59)60/h13-18,31-33,35,37,42,45,48-49,66-68H,4-12,19-30,34H2,1-3H3,(H,62,69)/t37-,42-,45+,48?,49?,53?,73?/m1/s1. The summed E-state index contributed by atoms with van der Waals surface area (Å²) in [7, 11) is -1.41. The van der Waals surface area contributed by atoms with Crippen molar-refractivity contribution >= 4 is 16.9 Å². The zero-order valence-electron chi connectivity index (χ0n) is 42.3. The van der Waals surface area contributed by atoms with Gasteiger partial charge >= 0.3 is 23.9 Å². The molecule has 2 saturated carbocycles. The van der Waals surface area contributed by atoms with Crippen molar-refractivity contribution in [2.24, 2.45) is 23.2 Å². The number of unbranched alkanes of at least 4 members (excludes halogenated alkanes) is 6. The second-order valence-electron chi connectivity index (χ2n) is 21.7. The molecule has 400 valence electrons. The van der Waals surface area contributed by atoms with Crippen LogP contribution in [-0.2, 0) is 23.8 Å². The Morgan fingerprint density at radius 3 is 2.26 bits per heavy atom. The van der Waals surface area contributed by atoms with Gasteiger partial charge < -0.3 is 25.0 Å². The Kier molecular flexibility index (Phi) is 17.1. The number of phenolic OH excluding ortho intramolecular Hbond substituents is 2. The van der Waals surface area contributed by atoms with E-state index >= 15 is 0 Å². The number of benzene rings is 3. The molecule has 7 atom stereocenters. The van der Waals surface area contributed by atoms with E-state index in [0.717, 1.165) is 82.6 Å². The number of halogens is 5. The number of rotatable bonds is 20. The summed E-state index contributed by atoms with van der Waals surface area (Å²) in [5.74, 6) is -2.28. The zero-order chi connectivity index (χ0) is 52.2. The fourth-order valence-electron chi connectivity index (χ4n) is 12.6. The van der Waals surface area contributed by atoms with Crippen molar-refractivity contribution in [2.75, 3.05) is 37.7 Å². The second-order valence-corrected chi connectivity index (χ2v) is 23.4. The van der Waals surface area contributed by atoms with Crippen LogP contribution >= 0.6 is 0 Å². The van der Waals surface area contributed by atoms with Gasteiger partial charge in [0.2, 0.25) is 0 Å². The van der Waals surface area contributed by atoms with Crippen LogP contribution in [0.4, 0.5) is 26.7 Å². The first-order valence-electron chi connectivity index (χ1n) is 26.4. The lowest BCUT2D eigenvalue weighted by molar-refractivity contribution is -0.284. The molecule has 4 N–H and O–H groups in total. The maximum Gasteiger partial charge on any atom is 0.453 e. The van der Waals surface area contributed by atoms with Crippen molar-refractivity contribution < 1.29 is 51.0 Å². The van der Waals surface area contributed by atoms with Crippen molar-refractivity contribution in [1.82, 2.24) is 24.6 Å². The van der Waals surface area contributed by atoms with E-state index in [1.165, 1.54) is 21.8 Å². The van der Waals surface area contributed by atoms with Crippen molar-refractivity contribution in [3.05, 3.63) is 87.3 Å². The van der Waals surface area contributed by atoms with Gasteiger partial charge in [-0.2, -0.15) is 27.1 Å². The van der Waals surface area contributed by atoms with Crippen LogP contribution in [0, 0.1) is 23.2 Å². The number of fused-ring (bicyclic) bond motifs is 5. The smallest absolute Gasteiger partial charge is 0.453 e. The molecule has 4 aromatic rings. The number of aromatic hydroxyl groups is 2. The number of nitrogens with one attached hydrogen (secondary N) is 1. The number of hydrogen-bond donors (Lipinski definition) is 4. The predicted molar refractivity (Wildman–Crippen MR) is 271 cm³/mol. The number of nitrogens with zero attached hydrogens (tertiary/aromatic N) is 4. The van der Waals surface area contributed by atoms with Gasteiger partial charge in [-0.25, -0.2) is 19.3 Å². The Bertz CT molecular complexity index is 2620. The monoisotopic (exact) mass is 1040 g/mol. The average molecular weight is 1040 g/mol. The number of aliphatic hydroxyl groups excluding tert-OH is 1. The quantitative estimate of drug-likeness (QED) is 0.0499. The summed E-state index contributed by atoms with van der Waals surface area (Å²) in [5, 5.41) is 38.9. The Labute approximate surface area is 427 Å². The molecule has 3 aromatic carbocycles. The molecule has 1 aliphatic heterocycles. The van der Waals surface area contributed by atoms with Crippen molar-refractivity contribution in [3.8, 4) is 34.3 Å². The highest BCUT2D eigenvalue weighted by atomic mass is 32.2. The molecular weight excluding hydrogens is 970 g/mol. The molecule has 4 aliphatic rings. The highest BCUT2D eigenvalue weighted by Gasteiger charge is 2.57. The van der Waals surface area contributed by atoms with E-state index in [4.69, 9.17) is 4.74 Å². The van der Waals surface area contributed by atoms with E-state index in [1.54, 1.807) is 11.0 Å². The number of ether oxygens (including phenoxy) is 1. The number of phenols is 2. The number of aliphatic hydroxyl groups is 1. The summed E-state index contributed by atoms with van der Waals surface area (Å²) in [4.78, 5) is 30.6. The molecule has 8 rings (SSSR count). The van der Waals surface area contributed by atoms with Crippen LogP contribution in [0.5, 0.6) is 17.2 Å². The van der Waals surface area contributed by atoms with E-state index in [9.17, 15) is 51.1 Å². The maximum atomic E-state index is 13.6. The third-order valence-electron chi connectivity index (χ3n) is 16.7. The third kappa shape index (κ3) is 12.3. The molecule has 2 heterocycles. The lowest BCUT2D eigenvalue weighted by Crippen LogP contribution is -2.49. The number of alkyl halides is 5. The largest absolute Gasteiger partial charge is 0.508 e. The third-order valence-corrected chi connectivity index (χ3v) is 18.2. The van der Waals surface area contributed by atoms with Gasteiger partial charge in [0, 0.05) is 67.5 Å². The molecule has 12 nitrogen and oxygen atoms in total. The molecule has 4 unspecified atom stereocenters. The average Bonchev–Trinajstić information content (AvgIpc) is 3.87. The van der Waals surface area contributed by atoms with Gasteiger partial charge in [-0.05, 0) is 139 Å². The number of aromatic nitrogens is 3. The number of amides is 1. The lowest BCUT2D eigenvalue weighted by atomic mass is 9.52. The van der Waals surface area contributed by atoms with Gasteiger partial charge in [0.25, 0.3) is 0 Å². The first-order valence-corrected chi connectivity index (χ1v) is 27.9. The van der Waals surface area contributed by atoms with Crippen LogP contribution in [0.3, 0.4) is 0 Å². The highest BCUT2D eigenvalue weighted by Crippen LogP contribution is 2.63. The summed E-state index contributed by atoms with van der Waals surface area (Å²) < 4.78 is 83.2. The van der Waals surface area contributed by atoms with E-state index in [1.807, 2.05) is 44.2 Å². The van der Waals surface area contributed by atoms with Gasteiger partial charge in [-0.3, -0.25) is 9.11 Å². The zero-order valence-corrected chi connectivity index (χ0v) is 43.1. The summed E-state index contributed by atoms with van der Waals surface area (Å²) >= 11 is 0. The number of carbonyl (C=O) groups excluding carboxylic acids is 1. The van der Waals surface area contributed by atoms with Gasteiger partial charge in [0.1, 0.15) is 17.2 Å². The molecule has 1 saturated heterocycles. The molecule has 0 radical (unpaired) electrons. The first-order chi connectivity index (χ1) is 34.7. The summed E-state index contributed by atoms with van der Waals surface area (Å²) in [6.45, 7) is 9.10. The Hall–Kier alpha value is -4.81. The number of aromatic amines is 1. The minimum absolute atomic E-state index is 0.0252. The van der Waals surface area contributed by atoms with E-state index in [0.29, 0.717) is 91.1 Å². The summed E-state index contributed by atoms with van der Waals surface area (Å²) in [5.41, 5.74) is 4.59. The van der Waals surface area contributed by atoms with Gasteiger partial charge in [-0.1, -0.05) is 77.5 Å². The molecular formula is C55H72F5N5O7S. The molecule has 73 heavy (non-hydrogen) atoms. The van der Waals surface area contributed by atoms with Gasteiger partial charge in [-0.15, -0.1) is 0 Å². The van der Waals surface area contributed by atoms with Gasteiger partial charge in [0.15, 0.2) is 5.82 Å². The van der Waals surface area contributed by atoms with Crippen LogP contribution in [0.15, 0.2) is 59.4 Å². The van der Waals surface area contributed by atoms with E-state index < -0.39 is 41.4 Å². The minimum Gasteiger partial charge on any atom is -0.508 e. The highest BCUT2D eigenvalue weighted by molar-refractivity contribution is 7.84. The normalized spacial score (nSPS) is 23.8. The van der Waals surface area contributed by atoms with Gasteiger partial charge in [0.05, 0.1) is 17.4 Å². The molecule has 1 amide bonds. The molecule has 1 aromatic heterocycles. The van der Waals surface area contributed by atoms with Crippen molar-refractivity contribution in [2.45, 2.75) is 154 Å². The minimum atomic E-state index is -5.58. The second kappa shape index (κ2) is 23.0. The molecule has 0 bridgehead atoms. The predicted octanol–water partition coefficient (Wildman–Crippen LogP) is 11.4. The van der Waals surface area contributed by atoms with Crippen LogP contribution < -0.4 is 10.4 Å².